The highest BCUT2D eigenvalue weighted by atomic mass is 35.5. The average molecular weight is 368 g/mol. The molecule has 0 heterocycles. The summed E-state index contributed by atoms with van der Waals surface area (Å²) in [4.78, 5) is 10.9. The first-order chi connectivity index (χ1) is 11.2. The summed E-state index contributed by atoms with van der Waals surface area (Å²) < 4.78 is 19.7. The van der Waals surface area contributed by atoms with Crippen LogP contribution in [0.15, 0.2) is 24.3 Å². The molecule has 2 aromatic carbocycles. The maximum atomic E-state index is 14.4. The Bertz CT molecular complexity index is 769. The van der Waals surface area contributed by atoms with Gasteiger partial charge in [0.15, 0.2) is 0 Å². The molecule has 2 aromatic rings. The van der Waals surface area contributed by atoms with Gasteiger partial charge in [0.05, 0.1) is 13.5 Å². The van der Waals surface area contributed by atoms with Gasteiger partial charge in [-0.3, -0.25) is 4.79 Å². The van der Waals surface area contributed by atoms with E-state index in [9.17, 15) is 9.18 Å². The predicted octanol–water partition coefficient (Wildman–Crippen LogP) is 4.32. The van der Waals surface area contributed by atoms with Crippen molar-refractivity contribution in [1.29, 1.82) is 0 Å². The van der Waals surface area contributed by atoms with Gasteiger partial charge in [0.2, 0.25) is 0 Å². The summed E-state index contributed by atoms with van der Waals surface area (Å²) >= 11 is 0. The third-order valence-electron chi connectivity index (χ3n) is 4.11. The lowest BCUT2D eigenvalue weighted by atomic mass is 9.90. The Hall–Kier alpha value is -2.11. The summed E-state index contributed by atoms with van der Waals surface area (Å²) in [5.74, 6) is -0.742. The molecule has 0 saturated carbocycles. The van der Waals surface area contributed by atoms with Gasteiger partial charge in [-0.2, -0.15) is 0 Å². The van der Waals surface area contributed by atoms with Crippen molar-refractivity contribution in [3.63, 3.8) is 0 Å². The van der Waals surface area contributed by atoms with Crippen LogP contribution in [-0.2, 0) is 4.79 Å². The van der Waals surface area contributed by atoms with Crippen LogP contribution in [0, 0.1) is 26.6 Å². The number of hydrogen-bond donors (Lipinski definition) is 2. The zero-order chi connectivity index (χ0) is 18.0. The lowest BCUT2D eigenvalue weighted by Gasteiger charge is -2.17. The van der Waals surface area contributed by atoms with Crippen LogP contribution < -0.4 is 10.5 Å². The van der Waals surface area contributed by atoms with Crippen LogP contribution in [-0.4, -0.2) is 18.2 Å². The summed E-state index contributed by atoms with van der Waals surface area (Å²) in [6.45, 7) is 5.57. The number of ether oxygens (including phenoxy) is 1. The summed E-state index contributed by atoms with van der Waals surface area (Å²) in [5, 5.41) is 8.92. The molecule has 1 unspecified atom stereocenters. The lowest BCUT2D eigenvalue weighted by molar-refractivity contribution is -0.137. The predicted molar refractivity (Wildman–Crippen MR) is 99.0 cm³/mol. The number of carboxylic acid groups (broad SMARTS) is 1. The molecule has 0 fully saturated rings. The largest absolute Gasteiger partial charge is 0.497 e. The van der Waals surface area contributed by atoms with Crippen LogP contribution in [0.2, 0.25) is 0 Å². The first-order valence-corrected chi connectivity index (χ1v) is 7.67. The molecular weight excluding hydrogens is 345 g/mol. The molecule has 0 bridgehead atoms. The normalized spacial score (nSPS) is 11.6. The van der Waals surface area contributed by atoms with E-state index in [2.05, 4.69) is 0 Å². The van der Waals surface area contributed by atoms with Crippen molar-refractivity contribution in [3.8, 4) is 16.9 Å². The van der Waals surface area contributed by atoms with Gasteiger partial charge in [-0.1, -0.05) is 0 Å². The molecule has 4 nitrogen and oxygen atoms in total. The van der Waals surface area contributed by atoms with Crippen LogP contribution in [0.1, 0.15) is 34.7 Å². The molecule has 0 saturated heterocycles. The minimum atomic E-state index is -1.05. The zero-order valence-electron chi connectivity index (χ0n) is 14.7. The van der Waals surface area contributed by atoms with E-state index in [-0.39, 0.29) is 24.4 Å². The minimum Gasteiger partial charge on any atom is -0.497 e. The first-order valence-electron chi connectivity index (χ1n) is 7.67. The molecule has 0 radical (unpaired) electrons. The van der Waals surface area contributed by atoms with Crippen molar-refractivity contribution < 1.29 is 19.0 Å². The van der Waals surface area contributed by atoms with E-state index in [4.69, 9.17) is 15.6 Å². The Labute approximate surface area is 153 Å². The van der Waals surface area contributed by atoms with Gasteiger partial charge in [0.25, 0.3) is 0 Å². The molecule has 0 aliphatic carbocycles. The smallest absolute Gasteiger partial charge is 0.305 e. The van der Waals surface area contributed by atoms with Gasteiger partial charge in [-0.15, -0.1) is 12.4 Å². The SMILES string of the molecule is COc1cc(C)c(-c2cc(C)c(F)c(C(N)CC(=O)O)c2)c(C)c1.Cl. The second-order valence-corrected chi connectivity index (χ2v) is 6.04. The molecule has 0 amide bonds. The fraction of sp³-hybridized carbons (Fsp3) is 0.316. The molecule has 136 valence electrons. The monoisotopic (exact) mass is 367 g/mol. The Balaban J connectivity index is 0.00000312. The van der Waals surface area contributed by atoms with Crippen LogP contribution in [0.5, 0.6) is 5.75 Å². The van der Waals surface area contributed by atoms with Crippen molar-refractivity contribution in [2.45, 2.75) is 33.2 Å². The highest BCUT2D eigenvalue weighted by Crippen LogP contribution is 2.34. The number of benzene rings is 2. The minimum absolute atomic E-state index is 0. The third-order valence-corrected chi connectivity index (χ3v) is 4.11. The molecular formula is C19H23ClFNO3. The number of rotatable bonds is 5. The van der Waals surface area contributed by atoms with Crippen LogP contribution in [0.3, 0.4) is 0 Å². The molecule has 2 rings (SSSR count). The van der Waals surface area contributed by atoms with Gasteiger partial charge in [0.1, 0.15) is 11.6 Å². The Kier molecular flexibility index (Phi) is 6.96. The van der Waals surface area contributed by atoms with Crippen molar-refractivity contribution >= 4 is 18.4 Å². The van der Waals surface area contributed by atoms with Gasteiger partial charge in [-0.25, -0.2) is 4.39 Å². The molecule has 0 aliphatic heterocycles. The number of aliphatic carboxylic acids is 1. The second-order valence-electron chi connectivity index (χ2n) is 6.04. The maximum absolute atomic E-state index is 14.4. The summed E-state index contributed by atoms with van der Waals surface area (Å²) in [5.41, 5.74) is 10.3. The van der Waals surface area contributed by atoms with E-state index in [1.165, 1.54) is 0 Å². The fourth-order valence-corrected chi connectivity index (χ4v) is 3.01. The number of carboxylic acids is 1. The van der Waals surface area contributed by atoms with E-state index in [0.29, 0.717) is 5.56 Å². The Morgan fingerprint density at radius 1 is 1.16 bits per heavy atom. The highest BCUT2D eigenvalue weighted by Gasteiger charge is 2.19. The average Bonchev–Trinajstić information content (AvgIpc) is 2.48. The quantitative estimate of drug-likeness (QED) is 0.825. The van der Waals surface area contributed by atoms with Gasteiger partial charge >= 0.3 is 5.97 Å². The summed E-state index contributed by atoms with van der Waals surface area (Å²) in [6, 6.07) is 6.35. The number of hydrogen-bond acceptors (Lipinski definition) is 3. The number of halogens is 2. The molecule has 6 heteroatoms. The Morgan fingerprint density at radius 3 is 2.20 bits per heavy atom. The molecule has 0 aliphatic rings. The first kappa shape index (κ1) is 20.9. The van der Waals surface area contributed by atoms with E-state index in [1.54, 1.807) is 26.2 Å². The summed E-state index contributed by atoms with van der Waals surface area (Å²) in [7, 11) is 1.61. The second kappa shape index (κ2) is 8.32. The molecule has 3 N–H and O–H groups in total. The maximum Gasteiger partial charge on any atom is 0.305 e. The number of methoxy groups -OCH3 is 1. The standard InChI is InChI=1S/C19H22FNO3.ClH/c1-10-6-14(24-4)7-11(2)18(10)13-5-12(3)19(20)15(8-13)16(21)9-17(22)23;/h5-8,16H,9,21H2,1-4H3,(H,22,23);1H. The van der Waals surface area contributed by atoms with Gasteiger partial charge in [-0.05, 0) is 72.9 Å². The van der Waals surface area contributed by atoms with Crippen molar-refractivity contribution in [3.05, 3.63) is 52.3 Å². The van der Waals surface area contributed by atoms with Crippen LogP contribution in [0.25, 0.3) is 11.1 Å². The zero-order valence-corrected chi connectivity index (χ0v) is 15.5. The highest BCUT2D eigenvalue weighted by molar-refractivity contribution is 5.85. The van der Waals surface area contributed by atoms with Crippen LogP contribution >= 0.6 is 12.4 Å². The van der Waals surface area contributed by atoms with Crippen molar-refractivity contribution in [2.75, 3.05) is 7.11 Å². The molecule has 1 atom stereocenters. The van der Waals surface area contributed by atoms with Crippen LogP contribution in [0.4, 0.5) is 4.39 Å². The summed E-state index contributed by atoms with van der Waals surface area (Å²) in [6.07, 6.45) is -0.319. The van der Waals surface area contributed by atoms with E-state index < -0.39 is 17.8 Å². The number of carbonyl (C=O) groups is 1. The number of aryl methyl sites for hydroxylation is 3. The van der Waals surface area contributed by atoms with E-state index in [1.807, 2.05) is 26.0 Å². The number of nitrogens with two attached hydrogens (primary N) is 1. The van der Waals surface area contributed by atoms with Gasteiger partial charge < -0.3 is 15.6 Å². The van der Waals surface area contributed by atoms with Crippen molar-refractivity contribution in [1.82, 2.24) is 0 Å². The molecule has 0 spiro atoms. The van der Waals surface area contributed by atoms with Gasteiger partial charge in [0, 0.05) is 11.6 Å². The lowest BCUT2D eigenvalue weighted by Crippen LogP contribution is -2.17. The third kappa shape index (κ3) is 4.50. The van der Waals surface area contributed by atoms with E-state index >= 15 is 0 Å². The van der Waals surface area contributed by atoms with Crippen molar-refractivity contribution in [2.24, 2.45) is 5.73 Å². The van der Waals surface area contributed by atoms with E-state index in [0.717, 1.165) is 28.0 Å². The Morgan fingerprint density at radius 2 is 1.72 bits per heavy atom. The fourth-order valence-electron chi connectivity index (χ4n) is 3.01. The molecule has 25 heavy (non-hydrogen) atoms. The topological polar surface area (TPSA) is 72.5 Å². The molecule has 0 aromatic heterocycles.